The first-order chi connectivity index (χ1) is 13.3. The molecule has 0 aliphatic carbocycles. The largest absolute Gasteiger partial charge is 0.416 e. The van der Waals surface area contributed by atoms with E-state index in [1.807, 2.05) is 30.3 Å². The molecule has 3 rings (SSSR count). The summed E-state index contributed by atoms with van der Waals surface area (Å²) >= 11 is 0. The number of alkyl halides is 3. The van der Waals surface area contributed by atoms with Crippen LogP contribution in [0.5, 0.6) is 0 Å². The maximum atomic E-state index is 12.7. The fourth-order valence-corrected chi connectivity index (χ4v) is 3.28. The third kappa shape index (κ3) is 5.12. The van der Waals surface area contributed by atoms with Crippen LogP contribution in [0.3, 0.4) is 0 Å². The number of nitrogens with one attached hydrogen (secondary N) is 1. The van der Waals surface area contributed by atoms with Crippen LogP contribution in [0.15, 0.2) is 54.6 Å². The van der Waals surface area contributed by atoms with Gasteiger partial charge in [0.15, 0.2) is 0 Å². The van der Waals surface area contributed by atoms with Gasteiger partial charge < -0.3 is 10.2 Å². The van der Waals surface area contributed by atoms with Crippen LogP contribution in [0.4, 0.5) is 13.2 Å². The fourth-order valence-electron chi connectivity index (χ4n) is 3.28. The lowest BCUT2D eigenvalue weighted by Gasteiger charge is -2.25. The van der Waals surface area contributed by atoms with Crippen LogP contribution in [0.1, 0.15) is 35.6 Å². The Hall–Kier alpha value is -2.83. The molecule has 1 atom stereocenters. The van der Waals surface area contributed by atoms with Gasteiger partial charge in [0.2, 0.25) is 11.8 Å². The lowest BCUT2D eigenvalue weighted by Crippen LogP contribution is -2.39. The summed E-state index contributed by atoms with van der Waals surface area (Å²) < 4.78 is 38.0. The van der Waals surface area contributed by atoms with E-state index in [0.29, 0.717) is 25.1 Å². The zero-order valence-corrected chi connectivity index (χ0v) is 15.2. The van der Waals surface area contributed by atoms with Gasteiger partial charge in [0.25, 0.3) is 0 Å². The average molecular weight is 390 g/mol. The van der Waals surface area contributed by atoms with Gasteiger partial charge in [0.05, 0.1) is 18.0 Å². The minimum absolute atomic E-state index is 0.0323. The average Bonchev–Trinajstić information content (AvgIpc) is 3.06. The maximum absolute atomic E-state index is 12.7. The highest BCUT2D eigenvalue weighted by molar-refractivity contribution is 5.80. The Balaban J connectivity index is 1.67. The molecule has 1 unspecified atom stereocenters. The third-order valence-corrected chi connectivity index (χ3v) is 4.76. The maximum Gasteiger partial charge on any atom is 0.416 e. The van der Waals surface area contributed by atoms with Crippen LogP contribution in [0, 0.1) is 0 Å². The topological polar surface area (TPSA) is 49.4 Å². The molecule has 2 aromatic rings. The molecule has 0 radical (unpaired) electrons. The molecule has 28 heavy (non-hydrogen) atoms. The molecule has 0 bridgehead atoms. The lowest BCUT2D eigenvalue weighted by atomic mass is 10.0. The van der Waals surface area contributed by atoms with Crippen LogP contribution in [-0.2, 0) is 22.2 Å². The van der Waals surface area contributed by atoms with Crippen LogP contribution in [-0.4, -0.2) is 29.8 Å². The van der Waals surface area contributed by atoms with Gasteiger partial charge in [-0.25, -0.2) is 0 Å². The van der Waals surface area contributed by atoms with E-state index in [-0.39, 0.29) is 24.3 Å². The number of carbonyl (C=O) groups is 2. The molecule has 7 heteroatoms. The Labute approximate surface area is 161 Å². The number of carbonyl (C=O) groups excluding carboxylic acids is 2. The predicted molar refractivity (Wildman–Crippen MR) is 98.3 cm³/mol. The number of rotatable bonds is 6. The van der Waals surface area contributed by atoms with Gasteiger partial charge in [-0.1, -0.05) is 42.5 Å². The first-order valence-corrected chi connectivity index (χ1v) is 9.11. The number of amides is 2. The Morgan fingerprint density at radius 2 is 1.75 bits per heavy atom. The molecule has 1 aliphatic heterocycles. The molecule has 2 aromatic carbocycles. The second-order valence-electron chi connectivity index (χ2n) is 6.85. The van der Waals surface area contributed by atoms with Crippen molar-refractivity contribution in [2.24, 2.45) is 0 Å². The van der Waals surface area contributed by atoms with E-state index in [1.54, 1.807) is 4.90 Å². The second kappa shape index (κ2) is 8.46. The van der Waals surface area contributed by atoms with Gasteiger partial charge in [-0.15, -0.1) is 0 Å². The van der Waals surface area contributed by atoms with Gasteiger partial charge in [-0.2, -0.15) is 13.2 Å². The highest BCUT2D eigenvalue weighted by Crippen LogP contribution is 2.29. The zero-order chi connectivity index (χ0) is 20.1. The first kappa shape index (κ1) is 19.9. The van der Waals surface area contributed by atoms with E-state index in [2.05, 4.69) is 5.32 Å². The van der Waals surface area contributed by atoms with Crippen molar-refractivity contribution < 1.29 is 22.8 Å². The smallest absolute Gasteiger partial charge is 0.347 e. The van der Waals surface area contributed by atoms with Gasteiger partial charge in [0.1, 0.15) is 0 Å². The lowest BCUT2D eigenvalue weighted by molar-refractivity contribution is -0.137. The van der Waals surface area contributed by atoms with E-state index < -0.39 is 11.7 Å². The monoisotopic (exact) mass is 390 g/mol. The molecule has 0 aromatic heterocycles. The Morgan fingerprint density at radius 1 is 1.07 bits per heavy atom. The van der Waals surface area contributed by atoms with Gasteiger partial charge in [0, 0.05) is 19.5 Å². The van der Waals surface area contributed by atoms with Crippen molar-refractivity contribution in [3.63, 3.8) is 0 Å². The Morgan fingerprint density at radius 3 is 2.32 bits per heavy atom. The summed E-state index contributed by atoms with van der Waals surface area (Å²) in [6.45, 7) is 1.04. The molecule has 148 valence electrons. The molecule has 4 nitrogen and oxygen atoms in total. The minimum atomic E-state index is -4.40. The molecule has 1 N–H and O–H groups in total. The number of hydrogen-bond acceptors (Lipinski definition) is 2. The van der Waals surface area contributed by atoms with E-state index in [0.717, 1.165) is 24.1 Å². The summed E-state index contributed by atoms with van der Waals surface area (Å²) in [4.78, 5) is 26.2. The van der Waals surface area contributed by atoms with Crippen LogP contribution in [0.2, 0.25) is 0 Å². The Bertz CT molecular complexity index is 820. The molecule has 1 saturated heterocycles. The molecule has 1 fully saturated rings. The summed E-state index contributed by atoms with van der Waals surface area (Å²) in [6, 6.07) is 13.5. The zero-order valence-electron chi connectivity index (χ0n) is 15.2. The molecule has 1 aliphatic rings. The van der Waals surface area contributed by atoms with Crippen molar-refractivity contribution in [2.75, 3.05) is 13.1 Å². The molecular weight excluding hydrogens is 369 g/mol. The number of halogens is 3. The van der Waals surface area contributed by atoms with Crippen molar-refractivity contribution in [3.05, 3.63) is 71.3 Å². The van der Waals surface area contributed by atoms with Gasteiger partial charge in [-0.05, 0) is 29.7 Å². The van der Waals surface area contributed by atoms with E-state index in [9.17, 15) is 22.8 Å². The number of benzene rings is 2. The molecule has 0 saturated carbocycles. The Kier molecular flexibility index (Phi) is 6.02. The number of likely N-dealkylation sites (tertiary alicyclic amines) is 1. The summed E-state index contributed by atoms with van der Waals surface area (Å²) in [5, 5.41) is 2.92. The summed E-state index contributed by atoms with van der Waals surface area (Å²) in [5.41, 5.74) is 0.629. The van der Waals surface area contributed by atoms with Crippen LogP contribution < -0.4 is 5.32 Å². The summed E-state index contributed by atoms with van der Waals surface area (Å²) in [5.74, 6) is -0.238. The minimum Gasteiger partial charge on any atom is -0.347 e. The third-order valence-electron chi connectivity index (χ3n) is 4.76. The first-order valence-electron chi connectivity index (χ1n) is 9.11. The standard InChI is InChI=1S/C21H21F3N2O2/c22-21(23,24)17-10-8-15(9-11-17)13-19(27)25-18(16-5-2-1-3-6-16)14-26-12-4-7-20(26)28/h1-3,5-6,8-11,18H,4,7,12-14H2,(H,25,27). The molecule has 0 spiro atoms. The van der Waals surface area contributed by atoms with Crippen molar-refractivity contribution >= 4 is 11.8 Å². The van der Waals surface area contributed by atoms with E-state index >= 15 is 0 Å². The highest BCUT2D eigenvalue weighted by atomic mass is 19.4. The quantitative estimate of drug-likeness (QED) is 0.817. The fraction of sp³-hybridized carbons (Fsp3) is 0.333. The molecular formula is C21H21F3N2O2. The van der Waals surface area contributed by atoms with Crippen molar-refractivity contribution in [1.29, 1.82) is 0 Å². The van der Waals surface area contributed by atoms with Gasteiger partial charge in [-0.3, -0.25) is 9.59 Å². The van der Waals surface area contributed by atoms with Crippen molar-refractivity contribution in [3.8, 4) is 0 Å². The number of nitrogens with zero attached hydrogens (tertiary/aromatic N) is 1. The second-order valence-corrected chi connectivity index (χ2v) is 6.85. The van der Waals surface area contributed by atoms with Gasteiger partial charge >= 0.3 is 6.18 Å². The van der Waals surface area contributed by atoms with Crippen LogP contribution in [0.25, 0.3) is 0 Å². The van der Waals surface area contributed by atoms with E-state index in [4.69, 9.17) is 0 Å². The normalized spacial score (nSPS) is 15.5. The number of hydrogen-bond donors (Lipinski definition) is 1. The molecule has 1 heterocycles. The summed E-state index contributed by atoms with van der Waals surface area (Å²) in [6.07, 6.45) is -3.11. The predicted octanol–water partition coefficient (Wildman–Crippen LogP) is 3.73. The van der Waals surface area contributed by atoms with Crippen molar-refractivity contribution in [1.82, 2.24) is 10.2 Å². The summed E-state index contributed by atoms with van der Waals surface area (Å²) in [7, 11) is 0. The van der Waals surface area contributed by atoms with Crippen LogP contribution >= 0.6 is 0 Å². The van der Waals surface area contributed by atoms with Crippen molar-refractivity contribution in [2.45, 2.75) is 31.5 Å². The molecule has 2 amide bonds. The SMILES string of the molecule is O=C(Cc1ccc(C(F)(F)F)cc1)NC(CN1CCCC1=O)c1ccccc1. The van der Waals surface area contributed by atoms with E-state index in [1.165, 1.54) is 12.1 Å². The highest BCUT2D eigenvalue weighted by Gasteiger charge is 2.30.